The monoisotopic (exact) mass is 361 g/mol. The Morgan fingerprint density at radius 3 is 2.60 bits per heavy atom. The molecule has 1 atom stereocenters. The molecule has 5 heteroatoms. The Bertz CT molecular complexity index is 673. The molecule has 0 saturated carbocycles. The lowest BCUT2D eigenvalue weighted by Crippen LogP contribution is -2.38. The maximum atomic E-state index is 12.0. The molecule has 0 aliphatic rings. The lowest BCUT2D eigenvalue weighted by Gasteiger charge is -2.15. The van der Waals surface area contributed by atoms with Gasteiger partial charge >= 0.3 is 0 Å². The van der Waals surface area contributed by atoms with Gasteiger partial charge < -0.3 is 14.8 Å². The number of amides is 1. The van der Waals surface area contributed by atoms with Crippen molar-refractivity contribution in [3.05, 3.63) is 59.1 Å². The maximum Gasteiger partial charge on any atom is 0.260 e. The van der Waals surface area contributed by atoms with Gasteiger partial charge in [-0.1, -0.05) is 43.1 Å². The van der Waals surface area contributed by atoms with Gasteiger partial charge in [0.15, 0.2) is 6.10 Å². The van der Waals surface area contributed by atoms with Gasteiger partial charge in [0.2, 0.25) is 0 Å². The van der Waals surface area contributed by atoms with E-state index in [1.165, 1.54) is 5.56 Å². The zero-order chi connectivity index (χ0) is 18.1. The molecule has 0 bridgehead atoms. The summed E-state index contributed by atoms with van der Waals surface area (Å²) < 4.78 is 11.2. The van der Waals surface area contributed by atoms with E-state index < -0.39 is 6.10 Å². The number of benzene rings is 2. The van der Waals surface area contributed by atoms with Crippen LogP contribution in [0.2, 0.25) is 5.02 Å². The molecule has 0 aliphatic heterocycles. The second-order valence-corrected chi connectivity index (χ2v) is 6.19. The van der Waals surface area contributed by atoms with Crippen molar-refractivity contribution >= 4 is 17.5 Å². The van der Waals surface area contributed by atoms with Gasteiger partial charge in [-0.2, -0.15) is 0 Å². The Morgan fingerprint density at radius 1 is 1.16 bits per heavy atom. The van der Waals surface area contributed by atoms with Crippen LogP contribution in [0.3, 0.4) is 0 Å². The van der Waals surface area contributed by atoms with Crippen LogP contribution in [0, 0.1) is 0 Å². The van der Waals surface area contributed by atoms with E-state index in [0.717, 1.165) is 18.6 Å². The molecule has 1 amide bonds. The molecule has 25 heavy (non-hydrogen) atoms. The number of nitrogens with one attached hydrogen (secondary N) is 1. The van der Waals surface area contributed by atoms with Crippen molar-refractivity contribution < 1.29 is 14.3 Å². The van der Waals surface area contributed by atoms with Gasteiger partial charge in [0, 0.05) is 5.02 Å². The van der Waals surface area contributed by atoms with Gasteiger partial charge in [-0.05, 0) is 49.2 Å². The molecule has 4 nitrogen and oxygen atoms in total. The molecular weight excluding hydrogens is 338 g/mol. The summed E-state index contributed by atoms with van der Waals surface area (Å²) in [7, 11) is 0. The third-order valence-corrected chi connectivity index (χ3v) is 3.85. The molecule has 2 rings (SSSR count). The minimum absolute atomic E-state index is 0.193. The summed E-state index contributed by atoms with van der Waals surface area (Å²) in [4.78, 5) is 12.0. The number of aryl methyl sites for hydroxylation is 1. The molecule has 134 valence electrons. The highest BCUT2D eigenvalue weighted by atomic mass is 35.5. The summed E-state index contributed by atoms with van der Waals surface area (Å²) in [5.74, 6) is 1.18. The first kappa shape index (κ1) is 19.1. The molecule has 0 aromatic heterocycles. The summed E-state index contributed by atoms with van der Waals surface area (Å²) in [5.41, 5.74) is 1.30. The Morgan fingerprint density at radius 2 is 1.92 bits per heavy atom. The van der Waals surface area contributed by atoms with Crippen molar-refractivity contribution in [1.82, 2.24) is 5.32 Å². The van der Waals surface area contributed by atoms with Crippen molar-refractivity contribution in [3.8, 4) is 11.5 Å². The maximum absolute atomic E-state index is 12.0. The quantitative estimate of drug-likeness (QED) is 0.679. The van der Waals surface area contributed by atoms with Crippen LogP contribution in [0.1, 0.15) is 25.8 Å². The second kappa shape index (κ2) is 9.94. The van der Waals surface area contributed by atoms with Crippen molar-refractivity contribution in [3.63, 3.8) is 0 Å². The van der Waals surface area contributed by atoms with Crippen molar-refractivity contribution in [2.45, 2.75) is 32.8 Å². The lowest BCUT2D eigenvalue weighted by molar-refractivity contribution is -0.127. The smallest absolute Gasteiger partial charge is 0.260 e. The molecule has 0 aliphatic carbocycles. The summed E-state index contributed by atoms with van der Waals surface area (Å²) in [5, 5.41) is 3.37. The fourth-order valence-corrected chi connectivity index (χ4v) is 2.51. The normalized spacial score (nSPS) is 11.6. The van der Waals surface area contributed by atoms with E-state index in [0.29, 0.717) is 23.9 Å². The van der Waals surface area contributed by atoms with E-state index in [-0.39, 0.29) is 5.91 Å². The Kier molecular flexibility index (Phi) is 7.61. The molecule has 0 radical (unpaired) electrons. The molecule has 0 fully saturated rings. The van der Waals surface area contributed by atoms with Crippen LogP contribution in [-0.2, 0) is 11.2 Å². The number of hydrogen-bond donors (Lipinski definition) is 1. The van der Waals surface area contributed by atoms with Crippen LogP contribution in [-0.4, -0.2) is 25.2 Å². The topological polar surface area (TPSA) is 47.6 Å². The average molecular weight is 362 g/mol. The van der Waals surface area contributed by atoms with Gasteiger partial charge in [0.1, 0.15) is 18.1 Å². The van der Waals surface area contributed by atoms with E-state index in [1.807, 2.05) is 12.1 Å². The number of halogens is 1. The number of carbonyl (C=O) groups is 1. The number of rotatable bonds is 9. The van der Waals surface area contributed by atoms with Crippen molar-refractivity contribution in [1.29, 1.82) is 0 Å². The molecule has 2 aromatic rings. The average Bonchev–Trinajstić information content (AvgIpc) is 2.60. The summed E-state index contributed by atoms with van der Waals surface area (Å²) >= 11 is 5.90. The highest BCUT2D eigenvalue weighted by molar-refractivity contribution is 6.30. The van der Waals surface area contributed by atoms with Gasteiger partial charge in [-0.15, -0.1) is 0 Å². The van der Waals surface area contributed by atoms with Crippen molar-refractivity contribution in [2.24, 2.45) is 0 Å². The third-order valence-electron chi connectivity index (χ3n) is 3.61. The zero-order valence-electron chi connectivity index (χ0n) is 14.6. The standard InChI is InChI=1S/C20H24ClNO3/c1-3-5-16-8-10-18(11-9-16)24-13-12-22-20(23)15(2)25-19-7-4-6-17(21)14-19/h4,6-11,14-15H,3,5,12-13H2,1-2H3,(H,22,23)/t15-/m0/s1. The largest absolute Gasteiger partial charge is 0.492 e. The Balaban J connectivity index is 1.69. The first-order valence-electron chi connectivity index (χ1n) is 8.50. The van der Waals surface area contributed by atoms with E-state index in [9.17, 15) is 4.79 Å². The summed E-state index contributed by atoms with van der Waals surface area (Å²) in [6, 6.07) is 15.0. The SMILES string of the molecule is CCCc1ccc(OCCNC(=O)[C@H](C)Oc2cccc(Cl)c2)cc1. The number of ether oxygens (including phenoxy) is 2. The predicted molar refractivity (Wildman–Crippen MR) is 100 cm³/mol. The predicted octanol–water partition coefficient (Wildman–Crippen LogP) is 4.26. The summed E-state index contributed by atoms with van der Waals surface area (Å²) in [6.45, 7) is 4.68. The van der Waals surface area contributed by atoms with Crippen LogP contribution in [0.5, 0.6) is 11.5 Å². The molecule has 1 N–H and O–H groups in total. The van der Waals surface area contributed by atoms with Gasteiger partial charge in [-0.3, -0.25) is 4.79 Å². The Hall–Kier alpha value is -2.20. The molecule has 0 saturated heterocycles. The molecule has 2 aromatic carbocycles. The van der Waals surface area contributed by atoms with E-state index in [2.05, 4.69) is 24.4 Å². The third kappa shape index (κ3) is 6.67. The fraction of sp³-hybridized carbons (Fsp3) is 0.350. The van der Waals surface area contributed by atoms with E-state index >= 15 is 0 Å². The van der Waals surface area contributed by atoms with Gasteiger partial charge in [0.05, 0.1) is 6.54 Å². The van der Waals surface area contributed by atoms with Gasteiger partial charge in [-0.25, -0.2) is 0 Å². The number of hydrogen-bond acceptors (Lipinski definition) is 3. The Labute approximate surface area is 154 Å². The van der Waals surface area contributed by atoms with Crippen LogP contribution in [0.15, 0.2) is 48.5 Å². The van der Waals surface area contributed by atoms with Gasteiger partial charge in [0.25, 0.3) is 5.91 Å². The highest BCUT2D eigenvalue weighted by Gasteiger charge is 2.14. The van der Waals surface area contributed by atoms with Crippen LogP contribution < -0.4 is 14.8 Å². The number of carbonyl (C=O) groups excluding carboxylic acids is 1. The second-order valence-electron chi connectivity index (χ2n) is 5.75. The van der Waals surface area contributed by atoms with Crippen LogP contribution >= 0.6 is 11.6 Å². The first-order valence-corrected chi connectivity index (χ1v) is 8.88. The lowest BCUT2D eigenvalue weighted by atomic mass is 10.1. The molecule has 0 spiro atoms. The van der Waals surface area contributed by atoms with Crippen LogP contribution in [0.25, 0.3) is 0 Å². The minimum atomic E-state index is -0.605. The highest BCUT2D eigenvalue weighted by Crippen LogP contribution is 2.18. The molecule has 0 heterocycles. The first-order chi connectivity index (χ1) is 12.1. The fourth-order valence-electron chi connectivity index (χ4n) is 2.33. The van der Waals surface area contributed by atoms with E-state index in [4.69, 9.17) is 21.1 Å². The van der Waals surface area contributed by atoms with Crippen LogP contribution in [0.4, 0.5) is 0 Å². The molecular formula is C20H24ClNO3. The molecule has 0 unspecified atom stereocenters. The van der Waals surface area contributed by atoms with E-state index in [1.54, 1.807) is 31.2 Å². The van der Waals surface area contributed by atoms with Crippen molar-refractivity contribution in [2.75, 3.05) is 13.2 Å². The summed E-state index contributed by atoms with van der Waals surface area (Å²) in [6.07, 6.45) is 1.59. The minimum Gasteiger partial charge on any atom is -0.492 e. The zero-order valence-corrected chi connectivity index (χ0v) is 15.4.